The van der Waals surface area contributed by atoms with Crippen molar-refractivity contribution >= 4 is 24.5 Å². The number of rotatable bonds is 8. The van der Waals surface area contributed by atoms with Gasteiger partial charge in [-0.3, -0.25) is 10.1 Å². The van der Waals surface area contributed by atoms with Gasteiger partial charge in [0.15, 0.2) is 0 Å². The van der Waals surface area contributed by atoms with E-state index in [1.165, 1.54) is 6.08 Å². The number of dihydropyridines is 1. The molecule has 3 aromatic carbocycles. The molecule has 3 atom stereocenters. The van der Waals surface area contributed by atoms with Crippen LogP contribution in [0.1, 0.15) is 42.6 Å². The Morgan fingerprint density at radius 3 is 2.33 bits per heavy atom. The van der Waals surface area contributed by atoms with Gasteiger partial charge in [-0.25, -0.2) is 14.2 Å². The highest BCUT2D eigenvalue weighted by molar-refractivity contribution is 5.81. The van der Waals surface area contributed by atoms with Crippen molar-refractivity contribution < 1.29 is 28.2 Å². The lowest BCUT2D eigenvalue weighted by atomic mass is 9.98. The molecule has 202 valence electrons. The molecule has 3 aliphatic rings. The highest BCUT2D eigenvalue weighted by Crippen LogP contribution is 2.49. The predicted octanol–water partition coefficient (Wildman–Crippen LogP) is 6.58. The molecule has 7 nitrogen and oxygen atoms in total. The minimum absolute atomic E-state index is 0.393. The third-order valence-corrected chi connectivity index (χ3v) is 7.47. The third kappa shape index (κ3) is 5.00. The molecule has 1 fully saturated rings. The van der Waals surface area contributed by atoms with Gasteiger partial charge in [0.05, 0.1) is 17.8 Å². The molecule has 2 heterocycles. The number of halogens is 1. The lowest BCUT2D eigenvalue weighted by Crippen LogP contribution is -2.30. The molecule has 0 aromatic heterocycles. The van der Waals surface area contributed by atoms with Crippen molar-refractivity contribution in [1.29, 1.82) is 0 Å². The van der Waals surface area contributed by atoms with E-state index in [2.05, 4.69) is 10.3 Å². The molecule has 6 rings (SSSR count). The molecule has 0 saturated heterocycles. The molecule has 0 spiro atoms. The van der Waals surface area contributed by atoms with Crippen molar-refractivity contribution in [3.63, 3.8) is 0 Å². The maximum atomic E-state index is 14.1. The van der Waals surface area contributed by atoms with E-state index < -0.39 is 35.8 Å². The highest BCUT2D eigenvalue weighted by Gasteiger charge is 2.47. The van der Waals surface area contributed by atoms with Gasteiger partial charge in [-0.05, 0) is 48.1 Å². The fourth-order valence-corrected chi connectivity index (χ4v) is 5.12. The van der Waals surface area contributed by atoms with Gasteiger partial charge in [-0.15, -0.1) is 0 Å². The van der Waals surface area contributed by atoms with E-state index in [9.17, 15) is 14.0 Å². The van der Waals surface area contributed by atoms with Gasteiger partial charge in [0.2, 0.25) is 6.23 Å². The van der Waals surface area contributed by atoms with E-state index in [0.717, 1.165) is 41.3 Å². The van der Waals surface area contributed by atoms with Crippen molar-refractivity contribution in [2.45, 2.75) is 37.7 Å². The average molecular weight is 539 g/mol. The summed E-state index contributed by atoms with van der Waals surface area (Å²) in [5.41, 5.74) is 4.43. The Hall–Kier alpha value is -4.72. The summed E-state index contributed by atoms with van der Waals surface area (Å²) in [6, 6.07) is 25.0. The number of nitrogens with one attached hydrogen (secondary N) is 1. The maximum Gasteiger partial charge on any atom is 0.412 e. The van der Waals surface area contributed by atoms with E-state index in [1.54, 1.807) is 6.92 Å². The van der Waals surface area contributed by atoms with Crippen LogP contribution in [0.15, 0.2) is 101 Å². The van der Waals surface area contributed by atoms with Gasteiger partial charge in [0.25, 0.3) is 6.47 Å². The number of carbonyl (C=O) groups is 2. The van der Waals surface area contributed by atoms with Crippen molar-refractivity contribution in [2.24, 2.45) is 10.9 Å². The molecular formula is C32H27FN2O5. The molecule has 0 bridgehead atoms. The normalized spacial score (nSPS) is 21.0. The minimum atomic E-state index is -0.688. The van der Waals surface area contributed by atoms with Gasteiger partial charge in [-0.1, -0.05) is 78.9 Å². The number of nitrogens with zero attached hydrogens (tertiary/aromatic N) is 1. The van der Waals surface area contributed by atoms with Gasteiger partial charge < -0.3 is 14.2 Å². The summed E-state index contributed by atoms with van der Waals surface area (Å²) in [4.78, 5) is 27.9. The number of fused-ring (bicyclic) bond motifs is 1. The van der Waals surface area contributed by atoms with Gasteiger partial charge in [0, 0.05) is 5.56 Å². The Labute approximate surface area is 231 Å². The summed E-state index contributed by atoms with van der Waals surface area (Å²) >= 11 is 0. The second-order valence-corrected chi connectivity index (χ2v) is 10.1. The van der Waals surface area contributed by atoms with E-state index >= 15 is 0 Å². The van der Waals surface area contributed by atoms with Crippen molar-refractivity contribution in [3.05, 3.63) is 113 Å². The standard InChI is InChI=1S/C32H27FN2O5/c1-20(21-5-3-2-4-6-21)39-31(37)35-28-27-17-26(33)18-34-30(27)40-29(28)24-9-7-22(8-10-24)23-11-13-25(14-12-23)32(15-16-32)38-19-36/h2-14,17-20,27,30H,15-16H2,1H3,(H,35,37)/t20-,27?,30?/m1/s1. The van der Waals surface area contributed by atoms with Crippen LogP contribution in [0.3, 0.4) is 0 Å². The molecule has 40 heavy (non-hydrogen) atoms. The first-order chi connectivity index (χ1) is 19.5. The topological polar surface area (TPSA) is 86.2 Å². The monoisotopic (exact) mass is 538 g/mol. The van der Waals surface area contributed by atoms with Crippen LogP contribution in [-0.4, -0.2) is 25.0 Å². The second-order valence-electron chi connectivity index (χ2n) is 10.1. The number of benzene rings is 3. The predicted molar refractivity (Wildman–Crippen MR) is 147 cm³/mol. The quantitative estimate of drug-likeness (QED) is 0.327. The van der Waals surface area contributed by atoms with Crippen LogP contribution in [0, 0.1) is 5.92 Å². The van der Waals surface area contributed by atoms with Crippen molar-refractivity contribution in [3.8, 4) is 11.1 Å². The number of ether oxygens (including phenoxy) is 3. The zero-order valence-corrected chi connectivity index (χ0v) is 21.8. The zero-order valence-electron chi connectivity index (χ0n) is 21.8. The second kappa shape index (κ2) is 10.4. The number of carbonyl (C=O) groups excluding carboxylic acids is 2. The Balaban J connectivity index is 1.24. The van der Waals surface area contributed by atoms with Crippen LogP contribution >= 0.6 is 0 Å². The summed E-state index contributed by atoms with van der Waals surface area (Å²) in [6.07, 6.45) is 2.33. The number of hydrogen-bond acceptors (Lipinski definition) is 6. The van der Waals surface area contributed by atoms with E-state index in [1.807, 2.05) is 78.9 Å². The first-order valence-electron chi connectivity index (χ1n) is 13.1. The Morgan fingerprint density at radius 1 is 1.02 bits per heavy atom. The summed E-state index contributed by atoms with van der Waals surface area (Å²) in [5.74, 6) is -0.692. The summed E-state index contributed by atoms with van der Waals surface area (Å²) in [7, 11) is 0. The number of amides is 1. The molecule has 1 N–H and O–H groups in total. The van der Waals surface area contributed by atoms with E-state index in [4.69, 9.17) is 14.2 Å². The molecule has 1 aliphatic carbocycles. The fraction of sp³-hybridized carbons (Fsp3) is 0.219. The number of allylic oxidation sites excluding steroid dienone is 1. The molecule has 2 unspecified atom stereocenters. The lowest BCUT2D eigenvalue weighted by Gasteiger charge is -2.18. The van der Waals surface area contributed by atoms with Crippen LogP contribution < -0.4 is 5.32 Å². The van der Waals surface area contributed by atoms with Crippen LogP contribution in [0.4, 0.5) is 9.18 Å². The van der Waals surface area contributed by atoms with Gasteiger partial charge in [-0.2, -0.15) is 0 Å². The highest BCUT2D eigenvalue weighted by atomic mass is 19.1. The maximum absolute atomic E-state index is 14.1. The number of hydrogen-bond donors (Lipinski definition) is 1. The fourth-order valence-electron chi connectivity index (χ4n) is 5.12. The van der Waals surface area contributed by atoms with Crippen molar-refractivity contribution in [2.75, 3.05) is 0 Å². The molecule has 0 radical (unpaired) electrons. The van der Waals surface area contributed by atoms with E-state index in [0.29, 0.717) is 23.5 Å². The number of alkyl carbamates (subject to hydrolysis) is 1. The molecular weight excluding hydrogens is 511 g/mol. The molecule has 1 amide bonds. The first-order valence-corrected chi connectivity index (χ1v) is 13.1. The Kier molecular flexibility index (Phi) is 6.67. The van der Waals surface area contributed by atoms with E-state index in [-0.39, 0.29) is 0 Å². The van der Waals surface area contributed by atoms with Crippen LogP contribution in [0.25, 0.3) is 16.9 Å². The van der Waals surface area contributed by atoms with Crippen molar-refractivity contribution in [1.82, 2.24) is 5.32 Å². The average Bonchev–Trinajstić information content (AvgIpc) is 3.69. The first kappa shape index (κ1) is 25.6. The Bertz CT molecular complexity index is 1510. The van der Waals surface area contributed by atoms with Crippen LogP contribution in [0.5, 0.6) is 0 Å². The largest absolute Gasteiger partial charge is 0.465 e. The third-order valence-electron chi connectivity index (χ3n) is 7.47. The number of aliphatic imine (C=N–C) groups is 1. The minimum Gasteiger partial charge on any atom is -0.465 e. The summed E-state index contributed by atoms with van der Waals surface area (Å²) < 4.78 is 31.1. The van der Waals surface area contributed by atoms with Gasteiger partial charge in [0.1, 0.15) is 23.3 Å². The molecule has 2 aliphatic heterocycles. The summed E-state index contributed by atoms with van der Waals surface area (Å²) in [6.45, 7) is 2.30. The lowest BCUT2D eigenvalue weighted by molar-refractivity contribution is -0.136. The van der Waals surface area contributed by atoms with Crippen LogP contribution in [0.2, 0.25) is 0 Å². The molecule has 3 aromatic rings. The summed E-state index contributed by atoms with van der Waals surface area (Å²) in [5, 5.41) is 2.80. The SMILES string of the molecule is C[C@@H](OC(=O)NC1=C(c2ccc(-c3ccc(C4(OC=O)CC4)cc3)cc2)OC2N=CC(F)=CC12)c1ccccc1. The molecule has 8 heteroatoms. The van der Waals surface area contributed by atoms with Gasteiger partial charge >= 0.3 is 6.09 Å². The van der Waals surface area contributed by atoms with Crippen LogP contribution in [-0.2, 0) is 24.6 Å². The molecule has 1 saturated carbocycles. The Morgan fingerprint density at radius 2 is 1.68 bits per heavy atom. The smallest absolute Gasteiger partial charge is 0.412 e. The zero-order chi connectivity index (χ0) is 27.7.